The molecule has 0 amide bonds. The highest BCUT2D eigenvalue weighted by atomic mass is 19.1. The lowest BCUT2D eigenvalue weighted by molar-refractivity contribution is 0.112. The molecular weight excluding hydrogens is 205 g/mol. The van der Waals surface area contributed by atoms with E-state index in [1.54, 1.807) is 6.07 Å². The van der Waals surface area contributed by atoms with E-state index in [1.165, 1.54) is 12.5 Å². The number of benzene rings is 1. The number of halogens is 1. The first-order chi connectivity index (χ1) is 7.72. The summed E-state index contributed by atoms with van der Waals surface area (Å²) in [4.78, 5) is 13.0. The first-order valence-corrected chi connectivity index (χ1v) is 5.71. The Bertz CT molecular complexity index is 392. The summed E-state index contributed by atoms with van der Waals surface area (Å²) in [6.45, 7) is 4.00. The first kappa shape index (κ1) is 11.1. The minimum absolute atomic E-state index is 0.191. The van der Waals surface area contributed by atoms with Crippen LogP contribution in [0, 0.1) is 11.7 Å². The van der Waals surface area contributed by atoms with Crippen molar-refractivity contribution in [3.05, 3.63) is 29.6 Å². The van der Waals surface area contributed by atoms with Crippen molar-refractivity contribution in [2.45, 2.75) is 19.8 Å². The van der Waals surface area contributed by atoms with Crippen LogP contribution in [0.2, 0.25) is 0 Å². The number of piperidine rings is 1. The molecule has 1 saturated heterocycles. The van der Waals surface area contributed by atoms with Gasteiger partial charge < -0.3 is 4.90 Å². The minimum Gasteiger partial charge on any atom is -0.371 e. The summed E-state index contributed by atoms with van der Waals surface area (Å²) in [5, 5.41) is 0. The van der Waals surface area contributed by atoms with Crippen molar-refractivity contribution in [2.24, 2.45) is 5.92 Å². The second-order valence-corrected chi connectivity index (χ2v) is 4.48. The van der Waals surface area contributed by atoms with E-state index in [-0.39, 0.29) is 5.56 Å². The fraction of sp³-hybridized carbons (Fsp3) is 0.462. The maximum Gasteiger partial charge on any atom is 0.155 e. The average Bonchev–Trinajstić information content (AvgIpc) is 2.28. The van der Waals surface area contributed by atoms with Gasteiger partial charge >= 0.3 is 0 Å². The van der Waals surface area contributed by atoms with Gasteiger partial charge in [0.2, 0.25) is 0 Å². The Hall–Kier alpha value is -1.38. The molecule has 0 N–H and O–H groups in total. The second-order valence-electron chi connectivity index (χ2n) is 4.48. The summed E-state index contributed by atoms with van der Waals surface area (Å²) < 4.78 is 13.4. The van der Waals surface area contributed by atoms with Gasteiger partial charge in [-0.2, -0.15) is 0 Å². The first-order valence-electron chi connectivity index (χ1n) is 5.71. The highest BCUT2D eigenvalue weighted by Gasteiger charge is 2.19. The predicted octanol–water partition coefficient (Wildman–Crippen LogP) is 2.87. The molecule has 1 aliphatic rings. The molecule has 3 heteroatoms. The number of hydrogen-bond donors (Lipinski definition) is 0. The summed E-state index contributed by atoms with van der Waals surface area (Å²) in [7, 11) is 0. The summed E-state index contributed by atoms with van der Waals surface area (Å²) in [5.74, 6) is 0.183. The van der Waals surface area contributed by atoms with Gasteiger partial charge in [0.25, 0.3) is 0 Å². The van der Waals surface area contributed by atoms with Crippen LogP contribution in [0.15, 0.2) is 18.2 Å². The van der Waals surface area contributed by atoms with Crippen LogP contribution >= 0.6 is 0 Å². The molecule has 1 aromatic carbocycles. The third kappa shape index (κ3) is 2.08. The van der Waals surface area contributed by atoms with Crippen molar-refractivity contribution < 1.29 is 9.18 Å². The lowest BCUT2D eigenvalue weighted by atomic mass is 9.99. The lowest BCUT2D eigenvalue weighted by Gasteiger charge is -2.33. The van der Waals surface area contributed by atoms with Gasteiger partial charge in [0.15, 0.2) is 6.29 Å². The van der Waals surface area contributed by atoms with Crippen molar-refractivity contribution >= 4 is 12.0 Å². The molecule has 2 rings (SSSR count). The number of hydrogen-bond acceptors (Lipinski definition) is 2. The van der Waals surface area contributed by atoms with Crippen molar-refractivity contribution in [3.63, 3.8) is 0 Å². The Morgan fingerprint density at radius 2 is 2.31 bits per heavy atom. The zero-order valence-electron chi connectivity index (χ0n) is 9.45. The second kappa shape index (κ2) is 4.64. The monoisotopic (exact) mass is 221 g/mol. The quantitative estimate of drug-likeness (QED) is 0.716. The van der Waals surface area contributed by atoms with Gasteiger partial charge in [-0.25, -0.2) is 4.39 Å². The van der Waals surface area contributed by atoms with Crippen molar-refractivity contribution in [1.29, 1.82) is 0 Å². The van der Waals surface area contributed by atoms with E-state index in [0.717, 1.165) is 25.2 Å². The van der Waals surface area contributed by atoms with Gasteiger partial charge in [-0.05, 0) is 30.9 Å². The summed E-state index contributed by atoms with van der Waals surface area (Å²) >= 11 is 0. The Kier molecular flexibility index (Phi) is 3.22. The summed E-state index contributed by atoms with van der Waals surface area (Å²) in [6, 6.07) is 4.82. The third-order valence-corrected chi connectivity index (χ3v) is 3.15. The molecule has 16 heavy (non-hydrogen) atoms. The Balaban J connectivity index is 2.32. The van der Waals surface area contributed by atoms with E-state index in [1.807, 2.05) is 6.07 Å². The van der Waals surface area contributed by atoms with Gasteiger partial charge in [-0.3, -0.25) is 4.79 Å². The molecule has 2 nitrogen and oxygen atoms in total. The van der Waals surface area contributed by atoms with Gasteiger partial charge in [-0.15, -0.1) is 0 Å². The molecule has 0 spiro atoms. The average molecular weight is 221 g/mol. The fourth-order valence-electron chi connectivity index (χ4n) is 2.33. The fourth-order valence-corrected chi connectivity index (χ4v) is 2.33. The van der Waals surface area contributed by atoms with Crippen LogP contribution in [0.1, 0.15) is 30.1 Å². The van der Waals surface area contributed by atoms with Gasteiger partial charge in [0.05, 0.1) is 11.3 Å². The molecule has 0 saturated carbocycles. The molecule has 1 aromatic rings. The van der Waals surface area contributed by atoms with Crippen LogP contribution in [-0.2, 0) is 0 Å². The van der Waals surface area contributed by atoms with Crippen LogP contribution in [0.4, 0.5) is 10.1 Å². The maximum absolute atomic E-state index is 13.4. The molecule has 86 valence electrons. The molecule has 0 radical (unpaired) electrons. The van der Waals surface area contributed by atoms with E-state index in [9.17, 15) is 9.18 Å². The van der Waals surface area contributed by atoms with Crippen LogP contribution in [-0.4, -0.2) is 19.4 Å². The van der Waals surface area contributed by atoms with Crippen molar-refractivity contribution in [3.8, 4) is 0 Å². The van der Waals surface area contributed by atoms with Crippen LogP contribution < -0.4 is 4.90 Å². The normalized spacial score (nSPS) is 20.9. The number of aldehydes is 1. The highest BCUT2D eigenvalue weighted by molar-refractivity contribution is 5.85. The number of carbonyl (C=O) groups excluding carboxylic acids is 1. The molecule has 1 unspecified atom stereocenters. The van der Waals surface area contributed by atoms with E-state index >= 15 is 0 Å². The maximum atomic E-state index is 13.4. The molecule has 0 bridgehead atoms. The molecular formula is C13H16FNO. The molecule has 0 aliphatic carbocycles. The smallest absolute Gasteiger partial charge is 0.155 e. The third-order valence-electron chi connectivity index (χ3n) is 3.15. The zero-order valence-corrected chi connectivity index (χ0v) is 9.45. The summed E-state index contributed by atoms with van der Waals surface area (Å²) in [5.41, 5.74) is 0.929. The Labute approximate surface area is 95.1 Å². The number of rotatable bonds is 2. The van der Waals surface area contributed by atoms with Crippen LogP contribution in [0.5, 0.6) is 0 Å². The molecule has 1 atom stereocenters. The number of carbonyl (C=O) groups is 1. The van der Waals surface area contributed by atoms with Gasteiger partial charge in [0, 0.05) is 13.1 Å². The van der Waals surface area contributed by atoms with E-state index in [2.05, 4.69) is 11.8 Å². The van der Waals surface area contributed by atoms with Gasteiger partial charge in [0.1, 0.15) is 5.82 Å². The largest absolute Gasteiger partial charge is 0.371 e. The lowest BCUT2D eigenvalue weighted by Crippen LogP contribution is -2.35. The SMILES string of the molecule is CC1CCCN(c2cccc(F)c2C=O)C1. The van der Waals surface area contributed by atoms with Gasteiger partial charge in [-0.1, -0.05) is 13.0 Å². The van der Waals surface area contributed by atoms with E-state index in [4.69, 9.17) is 0 Å². The van der Waals surface area contributed by atoms with Crippen molar-refractivity contribution in [1.82, 2.24) is 0 Å². The topological polar surface area (TPSA) is 20.3 Å². The Morgan fingerprint density at radius 1 is 1.50 bits per heavy atom. The number of anilines is 1. The van der Waals surface area contributed by atoms with E-state index in [0.29, 0.717) is 12.2 Å². The predicted molar refractivity (Wildman–Crippen MR) is 62.4 cm³/mol. The standard InChI is InChI=1S/C13H16FNO/c1-10-4-3-7-15(8-10)13-6-2-5-12(14)11(13)9-16/h2,5-6,9-10H,3-4,7-8H2,1H3. The molecule has 1 fully saturated rings. The van der Waals surface area contributed by atoms with Crippen LogP contribution in [0.3, 0.4) is 0 Å². The summed E-state index contributed by atoms with van der Waals surface area (Å²) in [6.07, 6.45) is 2.93. The molecule has 0 aromatic heterocycles. The Morgan fingerprint density at radius 3 is 3.00 bits per heavy atom. The molecule has 1 heterocycles. The zero-order chi connectivity index (χ0) is 11.5. The number of nitrogens with zero attached hydrogens (tertiary/aromatic N) is 1. The van der Waals surface area contributed by atoms with Crippen LogP contribution in [0.25, 0.3) is 0 Å². The van der Waals surface area contributed by atoms with E-state index < -0.39 is 5.82 Å². The molecule has 1 aliphatic heterocycles. The van der Waals surface area contributed by atoms with Crippen molar-refractivity contribution in [2.75, 3.05) is 18.0 Å². The minimum atomic E-state index is -0.425. The highest BCUT2D eigenvalue weighted by Crippen LogP contribution is 2.26.